The number of nitrogen functional groups attached to an aromatic ring is 1. The van der Waals surface area contributed by atoms with Crippen molar-refractivity contribution in [3.8, 4) is 11.5 Å². The Morgan fingerprint density at radius 1 is 1.10 bits per heavy atom. The summed E-state index contributed by atoms with van der Waals surface area (Å²) in [4.78, 5) is -0.169. The standard InChI is InChI=1S/C12H10BrFN2O3S/c13-7-1-3-9(14)11(5-7)19-12-6-8(20(16,17)18)2-4-10(12)15/h1-6H,15H2,(H2,16,17,18). The number of benzene rings is 2. The van der Waals surface area contributed by atoms with Gasteiger partial charge in [-0.1, -0.05) is 15.9 Å². The third-order valence-electron chi connectivity index (χ3n) is 2.43. The second-order valence-electron chi connectivity index (χ2n) is 3.92. The molecule has 0 radical (unpaired) electrons. The lowest BCUT2D eigenvalue weighted by Crippen LogP contribution is -2.12. The van der Waals surface area contributed by atoms with Gasteiger partial charge in [-0.15, -0.1) is 0 Å². The Kier molecular flexibility index (Phi) is 3.98. The van der Waals surface area contributed by atoms with Crippen LogP contribution in [-0.4, -0.2) is 8.42 Å². The minimum atomic E-state index is -3.89. The Labute approximate surface area is 123 Å². The first kappa shape index (κ1) is 14.8. The minimum Gasteiger partial charge on any atom is -0.452 e. The molecule has 0 fully saturated rings. The van der Waals surface area contributed by atoms with Crippen molar-refractivity contribution in [2.24, 2.45) is 5.14 Å². The third kappa shape index (κ3) is 3.27. The Morgan fingerprint density at radius 2 is 1.80 bits per heavy atom. The van der Waals surface area contributed by atoms with Crippen LogP contribution in [-0.2, 0) is 10.0 Å². The molecule has 0 saturated carbocycles. The van der Waals surface area contributed by atoms with Crippen LogP contribution >= 0.6 is 15.9 Å². The van der Waals surface area contributed by atoms with Gasteiger partial charge in [0, 0.05) is 10.5 Å². The van der Waals surface area contributed by atoms with Crippen LogP contribution in [0.3, 0.4) is 0 Å². The van der Waals surface area contributed by atoms with Gasteiger partial charge in [-0.05, 0) is 30.3 Å². The average molecular weight is 361 g/mol. The van der Waals surface area contributed by atoms with Crippen molar-refractivity contribution in [2.45, 2.75) is 4.90 Å². The molecule has 0 aliphatic carbocycles. The molecule has 0 heterocycles. The van der Waals surface area contributed by atoms with E-state index in [2.05, 4.69) is 15.9 Å². The molecular weight excluding hydrogens is 351 g/mol. The van der Waals surface area contributed by atoms with Gasteiger partial charge in [0.05, 0.1) is 10.6 Å². The van der Waals surface area contributed by atoms with E-state index in [-0.39, 0.29) is 22.1 Å². The molecule has 0 spiro atoms. The fourth-order valence-electron chi connectivity index (χ4n) is 1.45. The third-order valence-corrected chi connectivity index (χ3v) is 3.83. The van der Waals surface area contributed by atoms with Crippen molar-refractivity contribution >= 4 is 31.6 Å². The van der Waals surface area contributed by atoms with Gasteiger partial charge in [0.25, 0.3) is 0 Å². The van der Waals surface area contributed by atoms with E-state index >= 15 is 0 Å². The van der Waals surface area contributed by atoms with Gasteiger partial charge in [-0.25, -0.2) is 17.9 Å². The molecule has 5 nitrogen and oxygen atoms in total. The maximum atomic E-state index is 13.6. The maximum Gasteiger partial charge on any atom is 0.238 e. The lowest BCUT2D eigenvalue weighted by Gasteiger charge is -2.10. The van der Waals surface area contributed by atoms with E-state index in [1.807, 2.05) is 0 Å². The second kappa shape index (κ2) is 5.39. The molecule has 0 saturated heterocycles. The molecule has 0 bridgehead atoms. The molecule has 20 heavy (non-hydrogen) atoms. The van der Waals surface area contributed by atoms with Crippen LogP contribution in [0.4, 0.5) is 10.1 Å². The number of hydrogen-bond acceptors (Lipinski definition) is 4. The van der Waals surface area contributed by atoms with Gasteiger partial charge in [0.1, 0.15) is 0 Å². The van der Waals surface area contributed by atoms with Gasteiger partial charge >= 0.3 is 0 Å². The summed E-state index contributed by atoms with van der Waals surface area (Å²) < 4.78 is 42.0. The number of rotatable bonds is 3. The number of ether oxygens (including phenoxy) is 1. The lowest BCUT2D eigenvalue weighted by molar-refractivity contribution is 0.442. The number of anilines is 1. The molecule has 2 aromatic rings. The monoisotopic (exact) mass is 360 g/mol. The second-order valence-corrected chi connectivity index (χ2v) is 6.40. The summed E-state index contributed by atoms with van der Waals surface area (Å²) in [5.74, 6) is -0.681. The predicted octanol–water partition coefficient (Wildman–Crippen LogP) is 2.61. The molecule has 2 rings (SSSR count). The van der Waals surface area contributed by atoms with Crippen LogP contribution in [0.25, 0.3) is 0 Å². The number of halogens is 2. The highest BCUT2D eigenvalue weighted by molar-refractivity contribution is 9.10. The fraction of sp³-hybridized carbons (Fsp3) is 0. The number of sulfonamides is 1. The molecule has 4 N–H and O–H groups in total. The topological polar surface area (TPSA) is 95.4 Å². The molecule has 2 aromatic carbocycles. The minimum absolute atomic E-state index is 0.00789. The Hall–Kier alpha value is -1.64. The van der Waals surface area contributed by atoms with Gasteiger partial charge < -0.3 is 10.5 Å². The fourth-order valence-corrected chi connectivity index (χ4v) is 2.32. The van der Waals surface area contributed by atoms with E-state index in [1.54, 1.807) is 0 Å². The van der Waals surface area contributed by atoms with Crippen LogP contribution in [0.2, 0.25) is 0 Å². The first-order chi connectivity index (χ1) is 9.27. The maximum absolute atomic E-state index is 13.6. The van der Waals surface area contributed by atoms with Gasteiger partial charge in [0.15, 0.2) is 17.3 Å². The van der Waals surface area contributed by atoms with Crippen molar-refractivity contribution in [2.75, 3.05) is 5.73 Å². The van der Waals surface area contributed by atoms with Crippen molar-refractivity contribution in [1.29, 1.82) is 0 Å². The van der Waals surface area contributed by atoms with Gasteiger partial charge in [-0.3, -0.25) is 0 Å². The summed E-state index contributed by atoms with van der Waals surface area (Å²) in [5, 5.41) is 5.02. The van der Waals surface area contributed by atoms with Crippen molar-refractivity contribution in [3.63, 3.8) is 0 Å². The summed E-state index contributed by atoms with van der Waals surface area (Å²) in [6, 6.07) is 7.83. The smallest absolute Gasteiger partial charge is 0.238 e. The van der Waals surface area contributed by atoms with E-state index in [4.69, 9.17) is 15.6 Å². The Bertz CT molecular complexity index is 765. The Balaban J connectivity index is 2.45. The number of hydrogen-bond donors (Lipinski definition) is 2. The zero-order valence-corrected chi connectivity index (χ0v) is 12.4. The quantitative estimate of drug-likeness (QED) is 0.822. The van der Waals surface area contributed by atoms with E-state index < -0.39 is 15.8 Å². The van der Waals surface area contributed by atoms with Crippen LogP contribution in [0, 0.1) is 5.82 Å². The summed E-state index contributed by atoms with van der Waals surface area (Å²) in [6.45, 7) is 0. The van der Waals surface area contributed by atoms with E-state index in [0.717, 1.165) is 6.07 Å². The molecule has 0 aliphatic heterocycles. The van der Waals surface area contributed by atoms with Crippen LogP contribution in [0.5, 0.6) is 11.5 Å². The molecule has 0 unspecified atom stereocenters. The summed E-state index contributed by atoms with van der Waals surface area (Å²) in [6.07, 6.45) is 0. The molecule has 0 amide bonds. The highest BCUT2D eigenvalue weighted by Gasteiger charge is 2.13. The largest absolute Gasteiger partial charge is 0.452 e. The predicted molar refractivity (Wildman–Crippen MR) is 76.4 cm³/mol. The highest BCUT2D eigenvalue weighted by Crippen LogP contribution is 2.32. The van der Waals surface area contributed by atoms with Crippen molar-refractivity contribution in [1.82, 2.24) is 0 Å². The number of nitrogens with two attached hydrogens (primary N) is 2. The van der Waals surface area contributed by atoms with Gasteiger partial charge in [-0.2, -0.15) is 0 Å². The van der Waals surface area contributed by atoms with Crippen LogP contribution in [0.15, 0.2) is 45.8 Å². The molecular formula is C12H10BrFN2O3S. The van der Waals surface area contributed by atoms with Gasteiger partial charge in [0.2, 0.25) is 10.0 Å². The van der Waals surface area contributed by atoms with E-state index in [1.165, 1.54) is 30.3 Å². The zero-order valence-electron chi connectivity index (χ0n) is 10.0. The van der Waals surface area contributed by atoms with E-state index in [0.29, 0.717) is 4.47 Å². The van der Waals surface area contributed by atoms with E-state index in [9.17, 15) is 12.8 Å². The molecule has 0 aromatic heterocycles. The molecule has 0 atom stereocenters. The number of primary sulfonamides is 1. The highest BCUT2D eigenvalue weighted by atomic mass is 79.9. The molecule has 106 valence electrons. The lowest BCUT2D eigenvalue weighted by atomic mass is 10.3. The first-order valence-electron chi connectivity index (χ1n) is 5.32. The SMILES string of the molecule is Nc1ccc(S(N)(=O)=O)cc1Oc1cc(Br)ccc1F. The van der Waals surface area contributed by atoms with Crippen molar-refractivity contribution in [3.05, 3.63) is 46.7 Å². The first-order valence-corrected chi connectivity index (χ1v) is 7.66. The Morgan fingerprint density at radius 3 is 2.45 bits per heavy atom. The van der Waals surface area contributed by atoms with Crippen LogP contribution in [0.1, 0.15) is 0 Å². The molecule has 0 aliphatic rings. The summed E-state index contributed by atoms with van der Waals surface area (Å²) >= 11 is 3.18. The zero-order chi connectivity index (χ0) is 14.9. The molecule has 8 heteroatoms. The normalized spacial score (nSPS) is 11.3. The van der Waals surface area contributed by atoms with Crippen molar-refractivity contribution < 1.29 is 17.5 Å². The summed E-state index contributed by atoms with van der Waals surface area (Å²) in [5.41, 5.74) is 5.84. The summed E-state index contributed by atoms with van der Waals surface area (Å²) in [7, 11) is -3.89. The van der Waals surface area contributed by atoms with Crippen LogP contribution < -0.4 is 15.6 Å². The average Bonchev–Trinajstić information content (AvgIpc) is 2.35.